The van der Waals surface area contributed by atoms with Gasteiger partial charge in [0.1, 0.15) is 18.5 Å². The number of hydrogen-bond acceptors (Lipinski definition) is 3. The van der Waals surface area contributed by atoms with Gasteiger partial charge >= 0.3 is 0 Å². The lowest BCUT2D eigenvalue weighted by Crippen LogP contribution is -2.26. The van der Waals surface area contributed by atoms with E-state index in [4.69, 9.17) is 22.1 Å². The van der Waals surface area contributed by atoms with Gasteiger partial charge in [-0.05, 0) is 23.3 Å². The fraction of sp³-hybridized carbons (Fsp3) is 0.200. The van der Waals surface area contributed by atoms with Crippen molar-refractivity contribution >= 4 is 11.6 Å². The van der Waals surface area contributed by atoms with E-state index in [1.165, 1.54) is 0 Å². The lowest BCUT2D eigenvalue weighted by molar-refractivity contribution is 0.114. The first-order chi connectivity index (χ1) is 9.20. The highest BCUT2D eigenvalue weighted by atomic mass is 35.5. The number of halogens is 1. The second-order valence-corrected chi connectivity index (χ2v) is 4.62. The smallest absolute Gasteiger partial charge is 0.138 e. The molecule has 1 unspecified atom stereocenters. The standard InChI is InChI=1S/C15H16ClNO2/c16-14-8-12(11-4-2-1-3-5-11)6-7-15(14)19-10-13(18)9-17/h1-8,13,18H,9-10,17H2. The molecule has 100 valence electrons. The molecule has 0 aliphatic heterocycles. The van der Waals surface area contributed by atoms with Crippen molar-refractivity contribution in [3.05, 3.63) is 53.6 Å². The van der Waals surface area contributed by atoms with Gasteiger partial charge in [-0.3, -0.25) is 0 Å². The molecule has 2 aromatic carbocycles. The van der Waals surface area contributed by atoms with Gasteiger partial charge in [-0.2, -0.15) is 0 Å². The first-order valence-corrected chi connectivity index (χ1v) is 6.44. The molecule has 3 N–H and O–H groups in total. The number of benzene rings is 2. The number of nitrogens with two attached hydrogens (primary N) is 1. The lowest BCUT2D eigenvalue weighted by atomic mass is 10.1. The highest BCUT2D eigenvalue weighted by Crippen LogP contribution is 2.30. The van der Waals surface area contributed by atoms with Crippen molar-refractivity contribution in [1.29, 1.82) is 0 Å². The Balaban J connectivity index is 2.13. The van der Waals surface area contributed by atoms with Gasteiger partial charge in [0.15, 0.2) is 0 Å². The molecular weight excluding hydrogens is 262 g/mol. The molecule has 4 heteroatoms. The zero-order chi connectivity index (χ0) is 13.7. The molecule has 19 heavy (non-hydrogen) atoms. The minimum absolute atomic E-state index is 0.140. The Bertz CT molecular complexity index is 531. The summed E-state index contributed by atoms with van der Waals surface area (Å²) in [4.78, 5) is 0. The molecule has 0 aliphatic carbocycles. The molecule has 2 rings (SSSR count). The monoisotopic (exact) mass is 277 g/mol. The average Bonchev–Trinajstić information content (AvgIpc) is 2.46. The Morgan fingerprint density at radius 1 is 1.11 bits per heavy atom. The zero-order valence-electron chi connectivity index (χ0n) is 10.4. The quantitative estimate of drug-likeness (QED) is 0.883. The van der Waals surface area contributed by atoms with Crippen LogP contribution in [0.15, 0.2) is 48.5 Å². The van der Waals surface area contributed by atoms with Crippen molar-refractivity contribution in [3.63, 3.8) is 0 Å². The Labute approximate surface area is 117 Å². The van der Waals surface area contributed by atoms with Crippen molar-refractivity contribution in [2.24, 2.45) is 5.73 Å². The first-order valence-electron chi connectivity index (χ1n) is 6.06. The minimum atomic E-state index is -0.676. The summed E-state index contributed by atoms with van der Waals surface area (Å²) in [6, 6.07) is 15.5. The molecule has 2 aromatic rings. The van der Waals surface area contributed by atoms with Gasteiger partial charge in [-0.15, -0.1) is 0 Å². The maximum Gasteiger partial charge on any atom is 0.138 e. The van der Waals surface area contributed by atoms with Crippen molar-refractivity contribution in [2.45, 2.75) is 6.10 Å². The Morgan fingerprint density at radius 2 is 1.84 bits per heavy atom. The van der Waals surface area contributed by atoms with E-state index in [1.54, 1.807) is 6.07 Å². The van der Waals surface area contributed by atoms with E-state index in [0.717, 1.165) is 11.1 Å². The van der Waals surface area contributed by atoms with Crippen molar-refractivity contribution in [1.82, 2.24) is 0 Å². The normalized spacial score (nSPS) is 12.2. The van der Waals surface area contributed by atoms with Crippen LogP contribution in [-0.4, -0.2) is 24.4 Å². The van der Waals surface area contributed by atoms with Gasteiger partial charge in [0.2, 0.25) is 0 Å². The summed E-state index contributed by atoms with van der Waals surface area (Å²) in [5.41, 5.74) is 7.43. The number of ether oxygens (including phenoxy) is 1. The minimum Gasteiger partial charge on any atom is -0.489 e. The van der Waals surface area contributed by atoms with E-state index in [9.17, 15) is 5.11 Å². The van der Waals surface area contributed by atoms with Crippen LogP contribution in [0.25, 0.3) is 11.1 Å². The van der Waals surface area contributed by atoms with Gasteiger partial charge < -0.3 is 15.6 Å². The fourth-order valence-corrected chi connectivity index (χ4v) is 1.92. The van der Waals surface area contributed by atoms with Crippen LogP contribution in [0.2, 0.25) is 5.02 Å². The van der Waals surface area contributed by atoms with Gasteiger partial charge in [0.25, 0.3) is 0 Å². The van der Waals surface area contributed by atoms with Gasteiger partial charge in [-0.1, -0.05) is 48.0 Å². The molecule has 0 heterocycles. The molecule has 0 saturated heterocycles. The zero-order valence-corrected chi connectivity index (χ0v) is 11.2. The van der Waals surface area contributed by atoms with Crippen molar-refractivity contribution < 1.29 is 9.84 Å². The molecule has 0 bridgehead atoms. The van der Waals surface area contributed by atoms with E-state index in [-0.39, 0.29) is 13.2 Å². The predicted octanol–water partition coefficient (Wildman–Crippen LogP) is 2.71. The van der Waals surface area contributed by atoms with E-state index in [2.05, 4.69) is 0 Å². The summed E-state index contributed by atoms with van der Waals surface area (Å²) in [5, 5.41) is 9.87. The molecule has 0 fully saturated rings. The highest BCUT2D eigenvalue weighted by molar-refractivity contribution is 6.32. The molecule has 0 amide bonds. The van der Waals surface area contributed by atoms with Crippen LogP contribution < -0.4 is 10.5 Å². The van der Waals surface area contributed by atoms with E-state index < -0.39 is 6.10 Å². The van der Waals surface area contributed by atoms with E-state index in [1.807, 2.05) is 42.5 Å². The molecule has 0 aromatic heterocycles. The second kappa shape index (κ2) is 6.57. The SMILES string of the molecule is NCC(O)COc1ccc(-c2ccccc2)cc1Cl. The average molecular weight is 278 g/mol. The van der Waals surface area contributed by atoms with Crippen LogP contribution >= 0.6 is 11.6 Å². The number of hydrogen-bond donors (Lipinski definition) is 2. The third kappa shape index (κ3) is 3.70. The third-order valence-electron chi connectivity index (χ3n) is 2.74. The molecule has 0 saturated carbocycles. The number of aliphatic hydroxyl groups is 1. The summed E-state index contributed by atoms with van der Waals surface area (Å²) in [6.45, 7) is 0.306. The van der Waals surface area contributed by atoms with Gasteiger partial charge in [-0.25, -0.2) is 0 Å². The Kier molecular flexibility index (Phi) is 4.80. The molecule has 0 spiro atoms. The molecule has 0 radical (unpaired) electrons. The van der Waals surface area contributed by atoms with Crippen LogP contribution in [0, 0.1) is 0 Å². The topological polar surface area (TPSA) is 55.5 Å². The van der Waals surface area contributed by atoms with E-state index in [0.29, 0.717) is 10.8 Å². The lowest BCUT2D eigenvalue weighted by Gasteiger charge is -2.12. The first kappa shape index (κ1) is 13.9. The number of aliphatic hydroxyl groups excluding tert-OH is 1. The van der Waals surface area contributed by atoms with Gasteiger partial charge in [0.05, 0.1) is 5.02 Å². The summed E-state index contributed by atoms with van der Waals surface area (Å²) in [6.07, 6.45) is -0.676. The molecule has 3 nitrogen and oxygen atoms in total. The maximum atomic E-state index is 9.35. The van der Waals surface area contributed by atoms with Crippen LogP contribution in [0.5, 0.6) is 5.75 Å². The molecule has 1 atom stereocenters. The van der Waals surface area contributed by atoms with E-state index >= 15 is 0 Å². The summed E-state index contributed by atoms with van der Waals surface area (Å²) < 4.78 is 5.42. The van der Waals surface area contributed by atoms with Gasteiger partial charge in [0, 0.05) is 6.54 Å². The van der Waals surface area contributed by atoms with Crippen LogP contribution in [0.4, 0.5) is 0 Å². The van der Waals surface area contributed by atoms with Crippen molar-refractivity contribution in [2.75, 3.05) is 13.2 Å². The largest absolute Gasteiger partial charge is 0.489 e. The maximum absolute atomic E-state index is 9.35. The predicted molar refractivity (Wildman–Crippen MR) is 77.4 cm³/mol. The van der Waals surface area contributed by atoms with Crippen LogP contribution in [-0.2, 0) is 0 Å². The fourth-order valence-electron chi connectivity index (χ4n) is 1.68. The number of rotatable bonds is 5. The Hall–Kier alpha value is -1.55. The molecule has 0 aliphatic rings. The Morgan fingerprint density at radius 3 is 2.47 bits per heavy atom. The van der Waals surface area contributed by atoms with Crippen molar-refractivity contribution in [3.8, 4) is 16.9 Å². The summed E-state index contributed by atoms with van der Waals surface area (Å²) in [7, 11) is 0. The second-order valence-electron chi connectivity index (χ2n) is 4.21. The van der Waals surface area contributed by atoms with Crippen LogP contribution in [0.1, 0.15) is 0 Å². The van der Waals surface area contributed by atoms with Crippen LogP contribution in [0.3, 0.4) is 0 Å². The summed E-state index contributed by atoms with van der Waals surface area (Å²) >= 11 is 6.17. The molecular formula is C15H16ClNO2. The highest BCUT2D eigenvalue weighted by Gasteiger charge is 2.07. The third-order valence-corrected chi connectivity index (χ3v) is 3.04. The summed E-state index contributed by atoms with van der Waals surface area (Å²) in [5.74, 6) is 0.550.